The summed E-state index contributed by atoms with van der Waals surface area (Å²) in [6.45, 7) is 8.90. The fourth-order valence-corrected chi connectivity index (χ4v) is 2.51. The van der Waals surface area contributed by atoms with Gasteiger partial charge in [-0.15, -0.1) is 0 Å². The number of nitrogen functional groups attached to an aromatic ring is 1. The summed E-state index contributed by atoms with van der Waals surface area (Å²) in [6, 6.07) is 4.17. The second kappa shape index (κ2) is 6.46. The number of hydrogen-bond donors (Lipinski definition) is 2. The standard InChI is InChI=1S/C14H22ClN3O/c1-10-7-13(16)12(15)8-14(10)17-11(2)9-18-3-5-19-6-4-18/h7-8,11,17H,3-6,9,16H2,1-2H3. The van der Waals surface area contributed by atoms with Crippen LogP contribution in [0.5, 0.6) is 0 Å². The Morgan fingerprint density at radius 2 is 2.11 bits per heavy atom. The first-order chi connectivity index (χ1) is 9.06. The number of morpholine rings is 1. The molecule has 0 aromatic heterocycles. The molecule has 1 aromatic carbocycles. The third-order valence-electron chi connectivity index (χ3n) is 3.38. The normalized spacial score (nSPS) is 18.3. The number of nitrogens with two attached hydrogens (primary N) is 1. The van der Waals surface area contributed by atoms with Gasteiger partial charge in [-0.2, -0.15) is 0 Å². The molecule has 19 heavy (non-hydrogen) atoms. The van der Waals surface area contributed by atoms with Crippen molar-refractivity contribution in [2.75, 3.05) is 43.9 Å². The molecule has 1 heterocycles. The summed E-state index contributed by atoms with van der Waals surface area (Å²) in [5.41, 5.74) is 8.59. The van der Waals surface area contributed by atoms with E-state index in [1.165, 1.54) is 0 Å². The van der Waals surface area contributed by atoms with Gasteiger partial charge in [-0.25, -0.2) is 0 Å². The molecular formula is C14H22ClN3O. The molecule has 0 saturated carbocycles. The number of hydrogen-bond acceptors (Lipinski definition) is 4. The molecule has 1 saturated heterocycles. The lowest BCUT2D eigenvalue weighted by Gasteiger charge is -2.30. The van der Waals surface area contributed by atoms with E-state index in [-0.39, 0.29) is 0 Å². The Bertz CT molecular complexity index is 433. The highest BCUT2D eigenvalue weighted by Crippen LogP contribution is 2.27. The number of nitrogens with one attached hydrogen (secondary N) is 1. The smallest absolute Gasteiger partial charge is 0.0656 e. The van der Waals surface area contributed by atoms with Gasteiger partial charge in [0.15, 0.2) is 0 Å². The maximum absolute atomic E-state index is 6.07. The molecule has 2 rings (SSSR count). The summed E-state index contributed by atoms with van der Waals surface area (Å²) in [4.78, 5) is 2.41. The van der Waals surface area contributed by atoms with Crippen molar-refractivity contribution in [3.63, 3.8) is 0 Å². The summed E-state index contributed by atoms with van der Waals surface area (Å²) < 4.78 is 5.35. The van der Waals surface area contributed by atoms with Crippen LogP contribution in [0.15, 0.2) is 12.1 Å². The molecule has 3 N–H and O–H groups in total. The van der Waals surface area contributed by atoms with E-state index < -0.39 is 0 Å². The quantitative estimate of drug-likeness (QED) is 0.833. The third-order valence-corrected chi connectivity index (χ3v) is 3.71. The Balaban J connectivity index is 1.94. The van der Waals surface area contributed by atoms with Gasteiger partial charge in [0.25, 0.3) is 0 Å². The number of nitrogens with zero attached hydrogens (tertiary/aromatic N) is 1. The van der Waals surface area contributed by atoms with Crippen LogP contribution in [0.2, 0.25) is 5.02 Å². The Labute approximate surface area is 119 Å². The van der Waals surface area contributed by atoms with Crippen molar-refractivity contribution in [3.8, 4) is 0 Å². The van der Waals surface area contributed by atoms with Gasteiger partial charge in [0.1, 0.15) is 0 Å². The average Bonchev–Trinajstić information content (AvgIpc) is 2.37. The van der Waals surface area contributed by atoms with Crippen LogP contribution >= 0.6 is 11.6 Å². The van der Waals surface area contributed by atoms with Crippen LogP contribution in [0.25, 0.3) is 0 Å². The molecule has 1 unspecified atom stereocenters. The van der Waals surface area contributed by atoms with E-state index in [2.05, 4.69) is 17.1 Å². The van der Waals surface area contributed by atoms with Crippen molar-refractivity contribution in [1.82, 2.24) is 4.90 Å². The lowest BCUT2D eigenvalue weighted by atomic mass is 10.1. The van der Waals surface area contributed by atoms with Gasteiger partial charge in [-0.3, -0.25) is 4.90 Å². The van der Waals surface area contributed by atoms with Crippen LogP contribution in [0.3, 0.4) is 0 Å². The van der Waals surface area contributed by atoms with Crippen molar-refractivity contribution in [1.29, 1.82) is 0 Å². The Hall–Kier alpha value is -0.970. The predicted octanol–water partition coefficient (Wildman–Crippen LogP) is 2.36. The number of aryl methyl sites for hydroxylation is 1. The third kappa shape index (κ3) is 4.00. The van der Waals surface area contributed by atoms with Crippen molar-refractivity contribution in [3.05, 3.63) is 22.7 Å². The van der Waals surface area contributed by atoms with E-state index in [0.717, 1.165) is 44.1 Å². The Morgan fingerprint density at radius 1 is 1.42 bits per heavy atom. The van der Waals surface area contributed by atoms with E-state index in [1.54, 1.807) is 0 Å². The van der Waals surface area contributed by atoms with Gasteiger partial charge in [0.05, 0.1) is 23.9 Å². The minimum atomic E-state index is 0.358. The summed E-state index contributed by atoms with van der Waals surface area (Å²) in [6.07, 6.45) is 0. The molecular weight excluding hydrogens is 262 g/mol. The molecule has 1 fully saturated rings. The van der Waals surface area contributed by atoms with Gasteiger partial charge in [0.2, 0.25) is 0 Å². The monoisotopic (exact) mass is 283 g/mol. The van der Waals surface area contributed by atoms with Crippen LogP contribution in [0, 0.1) is 6.92 Å². The van der Waals surface area contributed by atoms with Gasteiger partial charge >= 0.3 is 0 Å². The number of benzene rings is 1. The largest absolute Gasteiger partial charge is 0.398 e. The fourth-order valence-electron chi connectivity index (χ4n) is 2.34. The van der Waals surface area contributed by atoms with E-state index >= 15 is 0 Å². The first-order valence-electron chi connectivity index (χ1n) is 6.68. The van der Waals surface area contributed by atoms with Gasteiger partial charge in [-0.05, 0) is 31.5 Å². The zero-order valence-corrected chi connectivity index (χ0v) is 12.3. The number of ether oxygens (including phenoxy) is 1. The summed E-state index contributed by atoms with van der Waals surface area (Å²) >= 11 is 6.07. The maximum atomic E-state index is 6.07. The summed E-state index contributed by atoms with van der Waals surface area (Å²) in [7, 11) is 0. The molecule has 0 amide bonds. The van der Waals surface area contributed by atoms with E-state index in [1.807, 2.05) is 19.1 Å². The first kappa shape index (κ1) is 14.4. The molecule has 0 spiro atoms. The minimum Gasteiger partial charge on any atom is -0.398 e. The molecule has 1 aromatic rings. The summed E-state index contributed by atoms with van der Waals surface area (Å²) in [5.74, 6) is 0. The highest BCUT2D eigenvalue weighted by Gasteiger charge is 2.14. The highest BCUT2D eigenvalue weighted by molar-refractivity contribution is 6.33. The summed E-state index contributed by atoms with van der Waals surface area (Å²) in [5, 5.41) is 4.11. The minimum absolute atomic E-state index is 0.358. The van der Waals surface area contributed by atoms with Crippen molar-refractivity contribution in [2.45, 2.75) is 19.9 Å². The molecule has 1 atom stereocenters. The highest BCUT2D eigenvalue weighted by atomic mass is 35.5. The lowest BCUT2D eigenvalue weighted by molar-refractivity contribution is 0.0368. The van der Waals surface area contributed by atoms with Crippen LogP contribution in [0.4, 0.5) is 11.4 Å². The molecule has 4 nitrogen and oxygen atoms in total. The molecule has 0 bridgehead atoms. The first-order valence-corrected chi connectivity index (χ1v) is 7.06. The molecule has 0 aliphatic carbocycles. The van der Waals surface area contributed by atoms with Gasteiger partial charge < -0.3 is 15.8 Å². The Kier molecular flexibility index (Phi) is 4.91. The second-order valence-corrected chi connectivity index (χ2v) is 5.55. The SMILES string of the molecule is Cc1cc(N)c(Cl)cc1NC(C)CN1CCOCC1. The van der Waals surface area contributed by atoms with Crippen molar-refractivity contribution < 1.29 is 4.74 Å². The predicted molar refractivity (Wildman–Crippen MR) is 80.9 cm³/mol. The van der Waals surface area contributed by atoms with Gasteiger partial charge in [-0.1, -0.05) is 11.6 Å². The van der Waals surface area contributed by atoms with Crippen LogP contribution in [-0.4, -0.2) is 43.8 Å². The molecule has 106 valence electrons. The maximum Gasteiger partial charge on any atom is 0.0656 e. The van der Waals surface area contributed by atoms with E-state index in [0.29, 0.717) is 16.8 Å². The average molecular weight is 284 g/mol. The molecule has 5 heteroatoms. The molecule has 0 radical (unpaired) electrons. The van der Waals surface area contributed by atoms with Crippen LogP contribution < -0.4 is 11.1 Å². The Morgan fingerprint density at radius 3 is 2.79 bits per heavy atom. The van der Waals surface area contributed by atoms with E-state index in [4.69, 9.17) is 22.1 Å². The lowest BCUT2D eigenvalue weighted by Crippen LogP contribution is -2.42. The van der Waals surface area contributed by atoms with Crippen molar-refractivity contribution in [2.24, 2.45) is 0 Å². The fraction of sp³-hybridized carbons (Fsp3) is 0.571. The van der Waals surface area contributed by atoms with Gasteiger partial charge in [0, 0.05) is 31.4 Å². The zero-order chi connectivity index (χ0) is 13.8. The number of halogens is 1. The number of rotatable bonds is 4. The number of anilines is 2. The van der Waals surface area contributed by atoms with Crippen molar-refractivity contribution >= 4 is 23.0 Å². The molecule has 1 aliphatic rings. The molecule has 1 aliphatic heterocycles. The zero-order valence-electron chi connectivity index (χ0n) is 11.6. The second-order valence-electron chi connectivity index (χ2n) is 5.15. The van der Waals surface area contributed by atoms with Crippen LogP contribution in [-0.2, 0) is 4.74 Å². The van der Waals surface area contributed by atoms with Crippen LogP contribution in [0.1, 0.15) is 12.5 Å². The van der Waals surface area contributed by atoms with E-state index in [9.17, 15) is 0 Å². The topological polar surface area (TPSA) is 50.5 Å².